The number of aromatic nitrogens is 2. The highest BCUT2D eigenvalue weighted by atomic mass is 32.2. The maximum atomic E-state index is 13.8. The number of aryl methyl sites for hydroxylation is 1. The fourth-order valence-corrected chi connectivity index (χ4v) is 6.49. The third-order valence-electron chi connectivity index (χ3n) is 5.53. The number of hydrogen-bond acceptors (Lipinski definition) is 9. The molecule has 1 aliphatic rings. The van der Waals surface area contributed by atoms with Crippen molar-refractivity contribution in [2.45, 2.75) is 33.7 Å². The van der Waals surface area contributed by atoms with Crippen LogP contribution in [0.25, 0.3) is 10.6 Å². The highest BCUT2D eigenvalue weighted by Crippen LogP contribution is 2.52. The number of rotatable bonds is 7. The number of amidine groups is 1. The molecule has 4 rings (SSSR count). The molecular formula is C23H28N5O6PS2. The highest BCUT2D eigenvalue weighted by molar-refractivity contribution is 7.92. The molecule has 1 aliphatic heterocycles. The van der Waals surface area contributed by atoms with Gasteiger partial charge in [-0.25, -0.2) is 13.1 Å². The van der Waals surface area contributed by atoms with Gasteiger partial charge in [0.25, 0.3) is 5.56 Å². The number of benzene rings is 1. The standard InChI is InChI=1S/C23H28N5O6PS2/c1-23(2,3)10-11-28-22(30)18(20(29)19(25-28)17-7-6-12-36-17)21-24-15-9-8-14(27-37(5,32)33)13-16(15)35(31,26-21)34-4/h6-9,12-13,27,29H,10-11H2,1-5H3,(H,24,26,31). The zero-order valence-corrected chi connectivity index (χ0v) is 23.5. The summed E-state index contributed by atoms with van der Waals surface area (Å²) in [6.45, 7) is 6.43. The first kappa shape index (κ1) is 27.1. The molecule has 0 amide bonds. The van der Waals surface area contributed by atoms with E-state index < -0.39 is 28.9 Å². The Bertz CT molecular complexity index is 1590. The van der Waals surface area contributed by atoms with Crippen LogP contribution < -0.4 is 20.9 Å². The number of anilines is 2. The van der Waals surface area contributed by atoms with Crippen LogP contribution in [0.4, 0.5) is 11.4 Å². The van der Waals surface area contributed by atoms with Crippen LogP contribution in [0.15, 0.2) is 45.3 Å². The lowest BCUT2D eigenvalue weighted by atomic mass is 9.92. The summed E-state index contributed by atoms with van der Waals surface area (Å²) in [6, 6.07) is 7.91. The van der Waals surface area contributed by atoms with E-state index in [2.05, 4.69) is 19.9 Å². The predicted molar refractivity (Wildman–Crippen MR) is 147 cm³/mol. The van der Waals surface area contributed by atoms with Crippen molar-refractivity contribution in [1.82, 2.24) is 9.78 Å². The van der Waals surface area contributed by atoms with E-state index in [1.54, 1.807) is 12.1 Å². The van der Waals surface area contributed by atoms with E-state index >= 15 is 0 Å². The van der Waals surface area contributed by atoms with E-state index in [9.17, 15) is 22.9 Å². The molecule has 0 fully saturated rings. The minimum Gasteiger partial charge on any atom is -0.505 e. The molecule has 1 aromatic carbocycles. The van der Waals surface area contributed by atoms with Gasteiger partial charge in [-0.05, 0) is 41.5 Å². The van der Waals surface area contributed by atoms with Crippen LogP contribution in [0.3, 0.4) is 0 Å². The van der Waals surface area contributed by atoms with Crippen LogP contribution in [0.1, 0.15) is 32.8 Å². The third-order valence-corrected chi connectivity index (χ3v) is 8.95. The zero-order chi connectivity index (χ0) is 27.2. The predicted octanol–water partition coefficient (Wildman–Crippen LogP) is 3.82. The van der Waals surface area contributed by atoms with Crippen LogP contribution in [-0.4, -0.2) is 42.5 Å². The average molecular weight is 566 g/mol. The number of hydrogen-bond donors (Lipinski definition) is 3. The monoisotopic (exact) mass is 565 g/mol. The van der Waals surface area contributed by atoms with E-state index in [4.69, 9.17) is 4.52 Å². The Hall–Kier alpha value is -2.99. The fraction of sp³-hybridized carbons (Fsp3) is 0.348. The summed E-state index contributed by atoms with van der Waals surface area (Å²) < 4.78 is 50.2. The summed E-state index contributed by atoms with van der Waals surface area (Å²) in [7, 11) is -6.33. The maximum Gasteiger partial charge on any atom is 0.348 e. The molecule has 0 spiro atoms. The lowest BCUT2D eigenvalue weighted by molar-refractivity contribution is 0.335. The number of sulfonamides is 1. The molecule has 0 radical (unpaired) electrons. The van der Waals surface area contributed by atoms with E-state index in [-0.39, 0.29) is 33.5 Å². The Labute approximate surface area is 218 Å². The molecule has 1 atom stereocenters. The van der Waals surface area contributed by atoms with Gasteiger partial charge in [-0.2, -0.15) is 9.86 Å². The molecule has 37 heavy (non-hydrogen) atoms. The lowest BCUT2D eigenvalue weighted by Gasteiger charge is -2.25. The number of fused-ring (bicyclic) bond motifs is 1. The topological polar surface area (TPSA) is 152 Å². The molecule has 3 N–H and O–H groups in total. The van der Waals surface area contributed by atoms with Gasteiger partial charge >= 0.3 is 7.52 Å². The number of nitrogens with one attached hydrogen (secondary N) is 2. The molecule has 14 heteroatoms. The normalized spacial score (nSPS) is 17.6. The minimum atomic E-state index is -3.96. The second kappa shape index (κ2) is 9.71. The van der Waals surface area contributed by atoms with Crippen molar-refractivity contribution >= 4 is 51.4 Å². The van der Waals surface area contributed by atoms with Crippen molar-refractivity contribution in [1.29, 1.82) is 0 Å². The van der Waals surface area contributed by atoms with E-state index in [1.807, 2.05) is 26.2 Å². The SMILES string of the molecule is COP1(=O)N=C(c2c(O)c(-c3cccs3)nn(CCC(C)(C)C)c2=O)Nc2ccc(NS(C)(=O)=O)cc21. The smallest absolute Gasteiger partial charge is 0.348 e. The average Bonchev–Trinajstić information content (AvgIpc) is 3.32. The van der Waals surface area contributed by atoms with Gasteiger partial charge in [0.15, 0.2) is 11.6 Å². The first-order valence-electron chi connectivity index (χ1n) is 11.2. The van der Waals surface area contributed by atoms with Crippen LogP contribution in [-0.2, 0) is 25.7 Å². The van der Waals surface area contributed by atoms with Gasteiger partial charge in [0, 0.05) is 19.3 Å². The molecule has 0 aliphatic carbocycles. The van der Waals surface area contributed by atoms with Crippen molar-refractivity contribution in [3.63, 3.8) is 0 Å². The van der Waals surface area contributed by atoms with Gasteiger partial charge in [0.2, 0.25) is 10.0 Å². The van der Waals surface area contributed by atoms with Crippen LogP contribution in [0.2, 0.25) is 0 Å². The maximum absolute atomic E-state index is 13.8. The van der Waals surface area contributed by atoms with Gasteiger partial charge < -0.3 is 14.9 Å². The third kappa shape index (κ3) is 5.80. The zero-order valence-electron chi connectivity index (χ0n) is 21.0. The molecule has 0 saturated carbocycles. The molecule has 0 bridgehead atoms. The molecule has 11 nitrogen and oxygen atoms in total. The van der Waals surface area contributed by atoms with E-state index in [0.717, 1.165) is 6.26 Å². The molecule has 1 unspecified atom stereocenters. The van der Waals surface area contributed by atoms with Gasteiger partial charge in [0.05, 0.1) is 22.1 Å². The number of aromatic hydroxyl groups is 1. The largest absolute Gasteiger partial charge is 0.505 e. The Kier molecular flexibility index (Phi) is 7.10. The van der Waals surface area contributed by atoms with Gasteiger partial charge in [0.1, 0.15) is 11.3 Å². The first-order valence-corrected chi connectivity index (χ1v) is 15.6. The van der Waals surface area contributed by atoms with Crippen molar-refractivity contribution in [2.24, 2.45) is 10.2 Å². The quantitative estimate of drug-likeness (QED) is 0.366. The molecule has 2 aromatic heterocycles. The Morgan fingerprint density at radius 2 is 2.00 bits per heavy atom. The van der Waals surface area contributed by atoms with Crippen molar-refractivity contribution in [3.8, 4) is 16.3 Å². The minimum absolute atomic E-state index is 0.0781. The second-order valence-corrected chi connectivity index (χ2v) is 14.6. The number of nitrogens with zero attached hydrogens (tertiary/aromatic N) is 3. The summed E-state index contributed by atoms with van der Waals surface area (Å²) >= 11 is 1.35. The summed E-state index contributed by atoms with van der Waals surface area (Å²) in [5, 5.41) is 20.6. The van der Waals surface area contributed by atoms with Crippen LogP contribution >= 0.6 is 18.9 Å². The van der Waals surface area contributed by atoms with Gasteiger partial charge in [-0.15, -0.1) is 11.3 Å². The number of thiophene rings is 1. The summed E-state index contributed by atoms with van der Waals surface area (Å²) in [5.41, 5.74) is -0.193. The van der Waals surface area contributed by atoms with Crippen LogP contribution in [0.5, 0.6) is 5.75 Å². The highest BCUT2D eigenvalue weighted by Gasteiger charge is 2.36. The molecular weight excluding hydrogens is 537 g/mol. The second-order valence-electron chi connectivity index (χ2n) is 9.77. The van der Waals surface area contributed by atoms with Crippen molar-refractivity contribution < 1.29 is 22.6 Å². The van der Waals surface area contributed by atoms with Gasteiger partial charge in [-0.3, -0.25) is 14.1 Å². The fourth-order valence-electron chi connectivity index (χ4n) is 3.69. The summed E-state index contributed by atoms with van der Waals surface area (Å²) in [5.74, 6) is -0.527. The molecule has 198 valence electrons. The molecule has 3 heterocycles. The van der Waals surface area contributed by atoms with E-state index in [1.165, 1.54) is 41.3 Å². The van der Waals surface area contributed by atoms with E-state index in [0.29, 0.717) is 23.5 Å². The van der Waals surface area contributed by atoms with Crippen molar-refractivity contribution in [3.05, 3.63) is 51.6 Å². The first-order chi connectivity index (χ1) is 17.2. The summed E-state index contributed by atoms with van der Waals surface area (Å²) in [4.78, 5) is 14.2. The van der Waals surface area contributed by atoms with Crippen LogP contribution in [0, 0.1) is 5.41 Å². The molecule has 0 saturated heterocycles. The lowest BCUT2D eigenvalue weighted by Crippen LogP contribution is -2.35. The molecule has 3 aromatic rings. The van der Waals surface area contributed by atoms with Crippen molar-refractivity contribution in [2.75, 3.05) is 23.4 Å². The Balaban J connectivity index is 1.89. The Morgan fingerprint density at radius 1 is 1.27 bits per heavy atom. The summed E-state index contributed by atoms with van der Waals surface area (Å²) in [6.07, 6.45) is 1.64. The van der Waals surface area contributed by atoms with Gasteiger partial charge in [-0.1, -0.05) is 26.8 Å². The Morgan fingerprint density at radius 3 is 2.59 bits per heavy atom.